The van der Waals surface area contributed by atoms with E-state index in [1.54, 1.807) is 7.05 Å². The topological polar surface area (TPSA) is 92.0 Å². The Hall–Kier alpha value is -2.28. The van der Waals surface area contributed by atoms with Gasteiger partial charge in [0.2, 0.25) is 5.91 Å². The van der Waals surface area contributed by atoms with Crippen LogP contribution in [0.15, 0.2) is 23.2 Å². The van der Waals surface area contributed by atoms with Crippen LogP contribution >= 0.6 is 0 Å². The molecule has 1 aliphatic heterocycles. The lowest BCUT2D eigenvalue weighted by Gasteiger charge is -2.31. The van der Waals surface area contributed by atoms with Gasteiger partial charge in [0.1, 0.15) is 5.75 Å². The molecule has 1 atom stereocenters. The van der Waals surface area contributed by atoms with E-state index >= 15 is 0 Å². The van der Waals surface area contributed by atoms with Crippen molar-refractivity contribution in [3.8, 4) is 5.75 Å². The molecule has 1 amide bonds. The smallest absolute Gasteiger partial charge is 0.221 e. The SMILES string of the molecule is CN=C(NCCCN1CCCC(C(N)=O)C1)NCc1ccc(C)cc1OCCC(C)C. The molecular formula is C24H41N5O2. The molecule has 1 heterocycles. The molecular weight excluding hydrogens is 390 g/mol. The number of hydrogen-bond acceptors (Lipinski definition) is 4. The fourth-order valence-corrected chi connectivity index (χ4v) is 3.75. The van der Waals surface area contributed by atoms with Gasteiger partial charge in [-0.15, -0.1) is 0 Å². The average Bonchev–Trinajstić information content (AvgIpc) is 2.74. The molecule has 7 heteroatoms. The number of carbonyl (C=O) groups is 1. The number of piperidine rings is 1. The summed E-state index contributed by atoms with van der Waals surface area (Å²) in [6.45, 7) is 11.5. The maximum Gasteiger partial charge on any atom is 0.221 e. The third kappa shape index (κ3) is 9.17. The van der Waals surface area contributed by atoms with Crippen molar-refractivity contribution >= 4 is 11.9 Å². The van der Waals surface area contributed by atoms with Crippen LogP contribution < -0.4 is 21.1 Å². The van der Waals surface area contributed by atoms with Gasteiger partial charge in [0.25, 0.3) is 0 Å². The van der Waals surface area contributed by atoms with Crippen LogP contribution in [0, 0.1) is 18.8 Å². The zero-order valence-electron chi connectivity index (χ0n) is 19.7. The van der Waals surface area contributed by atoms with Crippen molar-refractivity contribution in [2.75, 3.05) is 39.8 Å². The number of guanidine groups is 1. The molecule has 0 saturated carbocycles. The molecule has 1 aromatic carbocycles. The Morgan fingerprint density at radius 2 is 2.16 bits per heavy atom. The Balaban J connectivity index is 1.75. The maximum atomic E-state index is 11.4. The van der Waals surface area contributed by atoms with Crippen molar-refractivity contribution in [3.63, 3.8) is 0 Å². The van der Waals surface area contributed by atoms with E-state index in [-0.39, 0.29) is 11.8 Å². The maximum absolute atomic E-state index is 11.4. The van der Waals surface area contributed by atoms with E-state index in [1.165, 1.54) is 5.56 Å². The van der Waals surface area contributed by atoms with Gasteiger partial charge in [0.05, 0.1) is 12.5 Å². The Morgan fingerprint density at radius 1 is 1.35 bits per heavy atom. The Morgan fingerprint density at radius 3 is 2.87 bits per heavy atom. The van der Waals surface area contributed by atoms with Crippen LogP contribution in [-0.4, -0.2) is 56.6 Å². The molecule has 1 fully saturated rings. The van der Waals surface area contributed by atoms with Crippen molar-refractivity contribution in [2.24, 2.45) is 22.6 Å². The number of likely N-dealkylation sites (tertiary alicyclic amines) is 1. The van der Waals surface area contributed by atoms with Crippen LogP contribution in [0.1, 0.15) is 50.7 Å². The highest BCUT2D eigenvalue weighted by Gasteiger charge is 2.23. The fourth-order valence-electron chi connectivity index (χ4n) is 3.75. The Kier molecular flexibility index (Phi) is 10.6. The predicted octanol–water partition coefficient (Wildman–Crippen LogP) is 2.67. The molecule has 0 spiro atoms. The summed E-state index contributed by atoms with van der Waals surface area (Å²) in [5, 5.41) is 6.77. The van der Waals surface area contributed by atoms with E-state index in [0.717, 1.165) is 75.7 Å². The van der Waals surface area contributed by atoms with Crippen molar-refractivity contribution in [2.45, 2.75) is 53.0 Å². The first-order chi connectivity index (χ1) is 14.9. The van der Waals surface area contributed by atoms with Gasteiger partial charge in [-0.05, 0) is 63.2 Å². The van der Waals surface area contributed by atoms with Crippen molar-refractivity contribution in [1.29, 1.82) is 0 Å². The molecule has 174 valence electrons. The molecule has 7 nitrogen and oxygen atoms in total. The van der Waals surface area contributed by atoms with E-state index < -0.39 is 0 Å². The number of aryl methyl sites for hydroxylation is 1. The quantitative estimate of drug-likeness (QED) is 0.285. The third-order valence-electron chi connectivity index (χ3n) is 5.70. The molecule has 1 aromatic rings. The number of carbonyl (C=O) groups excluding carboxylic acids is 1. The van der Waals surface area contributed by atoms with Gasteiger partial charge in [-0.2, -0.15) is 0 Å². The number of hydrogen-bond donors (Lipinski definition) is 3. The number of benzene rings is 1. The Labute approximate surface area is 187 Å². The van der Waals surface area contributed by atoms with Gasteiger partial charge < -0.3 is 26.0 Å². The highest BCUT2D eigenvalue weighted by atomic mass is 16.5. The molecule has 2 rings (SSSR count). The van der Waals surface area contributed by atoms with Gasteiger partial charge in [-0.1, -0.05) is 26.0 Å². The lowest BCUT2D eigenvalue weighted by Crippen LogP contribution is -2.42. The summed E-state index contributed by atoms with van der Waals surface area (Å²) in [6, 6.07) is 6.33. The molecule has 4 N–H and O–H groups in total. The largest absolute Gasteiger partial charge is 0.493 e. The number of aliphatic imine (C=N–C) groups is 1. The summed E-state index contributed by atoms with van der Waals surface area (Å²) in [5.41, 5.74) is 7.80. The first-order valence-corrected chi connectivity index (χ1v) is 11.6. The van der Waals surface area contributed by atoms with Crippen LogP contribution in [0.2, 0.25) is 0 Å². The number of amides is 1. The monoisotopic (exact) mass is 431 g/mol. The summed E-state index contributed by atoms with van der Waals surface area (Å²) in [4.78, 5) is 18.1. The highest BCUT2D eigenvalue weighted by molar-refractivity contribution is 5.79. The predicted molar refractivity (Wildman–Crippen MR) is 127 cm³/mol. The zero-order valence-corrected chi connectivity index (χ0v) is 19.7. The molecule has 1 unspecified atom stereocenters. The van der Waals surface area contributed by atoms with Crippen LogP contribution in [0.25, 0.3) is 0 Å². The number of ether oxygens (including phenoxy) is 1. The van der Waals surface area contributed by atoms with Gasteiger partial charge in [0.15, 0.2) is 5.96 Å². The second kappa shape index (κ2) is 13.2. The fraction of sp³-hybridized carbons (Fsp3) is 0.667. The lowest BCUT2D eigenvalue weighted by molar-refractivity contribution is -0.123. The van der Waals surface area contributed by atoms with E-state index in [1.807, 2.05) is 0 Å². The van der Waals surface area contributed by atoms with E-state index in [4.69, 9.17) is 10.5 Å². The zero-order chi connectivity index (χ0) is 22.6. The second-order valence-electron chi connectivity index (χ2n) is 8.89. The van der Waals surface area contributed by atoms with Crippen LogP contribution in [0.4, 0.5) is 0 Å². The number of nitrogens with zero attached hydrogens (tertiary/aromatic N) is 2. The minimum Gasteiger partial charge on any atom is -0.493 e. The molecule has 1 aliphatic rings. The van der Waals surface area contributed by atoms with Crippen molar-refractivity contribution in [1.82, 2.24) is 15.5 Å². The number of nitrogens with two attached hydrogens (primary N) is 1. The third-order valence-corrected chi connectivity index (χ3v) is 5.70. The first-order valence-electron chi connectivity index (χ1n) is 11.6. The highest BCUT2D eigenvalue weighted by Crippen LogP contribution is 2.21. The Bertz CT molecular complexity index is 720. The minimum absolute atomic E-state index is 0.00241. The van der Waals surface area contributed by atoms with Crippen molar-refractivity contribution in [3.05, 3.63) is 29.3 Å². The van der Waals surface area contributed by atoms with Crippen molar-refractivity contribution < 1.29 is 9.53 Å². The summed E-state index contributed by atoms with van der Waals surface area (Å²) in [5.74, 6) is 2.18. The molecule has 0 aromatic heterocycles. The van der Waals surface area contributed by atoms with Crippen LogP contribution in [-0.2, 0) is 11.3 Å². The number of primary amides is 1. The lowest BCUT2D eigenvalue weighted by atomic mass is 9.97. The van der Waals surface area contributed by atoms with E-state index in [0.29, 0.717) is 12.5 Å². The minimum atomic E-state index is -0.170. The molecule has 0 aliphatic carbocycles. The standard InChI is InChI=1S/C24H41N5O2/c1-18(2)10-14-31-22-15-19(3)8-9-20(22)16-28-24(26-4)27-11-6-13-29-12-5-7-21(17-29)23(25)30/h8-9,15,18,21H,5-7,10-14,16-17H2,1-4H3,(H2,25,30)(H2,26,27,28). The molecule has 0 bridgehead atoms. The van der Waals surface area contributed by atoms with Gasteiger partial charge in [-0.25, -0.2) is 0 Å². The summed E-state index contributed by atoms with van der Waals surface area (Å²) in [6.07, 6.45) is 3.99. The summed E-state index contributed by atoms with van der Waals surface area (Å²) < 4.78 is 6.05. The molecule has 1 saturated heterocycles. The summed E-state index contributed by atoms with van der Waals surface area (Å²) >= 11 is 0. The van der Waals surface area contributed by atoms with Gasteiger partial charge in [-0.3, -0.25) is 9.79 Å². The van der Waals surface area contributed by atoms with Gasteiger partial charge in [0, 0.05) is 32.2 Å². The number of rotatable bonds is 11. The summed E-state index contributed by atoms with van der Waals surface area (Å²) in [7, 11) is 1.78. The normalized spacial score (nSPS) is 17.6. The van der Waals surface area contributed by atoms with E-state index in [9.17, 15) is 4.79 Å². The number of nitrogens with one attached hydrogen (secondary N) is 2. The first kappa shape index (κ1) is 25.0. The molecule has 0 radical (unpaired) electrons. The average molecular weight is 432 g/mol. The molecule has 31 heavy (non-hydrogen) atoms. The second-order valence-corrected chi connectivity index (χ2v) is 8.89. The van der Waals surface area contributed by atoms with Crippen LogP contribution in [0.3, 0.4) is 0 Å². The van der Waals surface area contributed by atoms with Gasteiger partial charge >= 0.3 is 0 Å². The van der Waals surface area contributed by atoms with Crippen LogP contribution in [0.5, 0.6) is 5.75 Å². The van der Waals surface area contributed by atoms with E-state index in [2.05, 4.69) is 59.5 Å².